The first-order valence-electron chi connectivity index (χ1n) is 10.7. The van der Waals surface area contributed by atoms with Crippen molar-refractivity contribution in [2.75, 3.05) is 11.9 Å². The first-order chi connectivity index (χ1) is 14.6. The summed E-state index contributed by atoms with van der Waals surface area (Å²) in [7, 11) is 0. The fourth-order valence-corrected chi connectivity index (χ4v) is 3.75. The zero-order valence-electron chi connectivity index (χ0n) is 17.7. The average molecular weight is 404 g/mol. The molecule has 1 atom stereocenters. The topological polar surface area (TPSA) is 74.1 Å². The van der Waals surface area contributed by atoms with Crippen LogP contribution in [0.5, 0.6) is 5.75 Å². The van der Waals surface area contributed by atoms with Gasteiger partial charge in [-0.3, -0.25) is 4.79 Å². The Morgan fingerprint density at radius 1 is 1.13 bits per heavy atom. The molecule has 0 spiro atoms. The van der Waals surface area contributed by atoms with Crippen molar-refractivity contribution in [3.8, 4) is 11.8 Å². The summed E-state index contributed by atoms with van der Waals surface area (Å²) in [6.07, 6.45) is 6.91. The van der Waals surface area contributed by atoms with Crippen LogP contribution in [0.1, 0.15) is 55.8 Å². The highest BCUT2D eigenvalue weighted by atomic mass is 16.5. The van der Waals surface area contributed by atoms with Gasteiger partial charge in [-0.25, -0.2) is 0 Å². The van der Waals surface area contributed by atoms with Gasteiger partial charge in [0.15, 0.2) is 0 Å². The molecule has 0 aromatic heterocycles. The molecule has 0 saturated heterocycles. The molecular weight excluding hydrogens is 374 g/mol. The van der Waals surface area contributed by atoms with Crippen LogP contribution in [-0.2, 0) is 17.6 Å². The number of ether oxygens (including phenoxy) is 1. The molecule has 0 heterocycles. The van der Waals surface area contributed by atoms with Crippen molar-refractivity contribution >= 4 is 11.6 Å². The van der Waals surface area contributed by atoms with E-state index in [1.54, 1.807) is 0 Å². The molecule has 0 aliphatic heterocycles. The molecule has 0 radical (unpaired) electrons. The smallest absolute Gasteiger partial charge is 0.263 e. The average Bonchev–Trinajstić information content (AvgIpc) is 2.78. The molecule has 2 N–H and O–H groups in total. The van der Waals surface area contributed by atoms with Gasteiger partial charge in [-0.15, -0.1) is 0 Å². The molecule has 1 aliphatic rings. The van der Waals surface area contributed by atoms with Crippen LogP contribution in [0.25, 0.3) is 0 Å². The molecule has 2 aromatic rings. The summed E-state index contributed by atoms with van der Waals surface area (Å²) in [4.78, 5) is 12.7. The van der Waals surface area contributed by atoms with Gasteiger partial charge >= 0.3 is 0 Å². The van der Waals surface area contributed by atoms with Crippen molar-refractivity contribution < 1.29 is 9.53 Å². The lowest BCUT2D eigenvalue weighted by Crippen LogP contribution is -2.29. The number of carbonyl (C=O) groups excluding carboxylic acids is 1. The molecular formula is C25H29N3O2. The van der Waals surface area contributed by atoms with Crippen LogP contribution in [0.15, 0.2) is 54.2 Å². The van der Waals surface area contributed by atoms with Crippen molar-refractivity contribution in [1.29, 1.82) is 5.26 Å². The van der Waals surface area contributed by atoms with Gasteiger partial charge in [0, 0.05) is 11.9 Å². The molecule has 0 saturated carbocycles. The Kier molecular flexibility index (Phi) is 7.51. The number of nitriles is 1. The summed E-state index contributed by atoms with van der Waals surface area (Å²) >= 11 is 0. The Hall–Kier alpha value is -3.26. The number of nitrogens with zero attached hydrogens (tertiary/aromatic N) is 1. The molecule has 3 rings (SSSR count). The Bertz CT molecular complexity index is 942. The lowest BCUT2D eigenvalue weighted by molar-refractivity contribution is -0.117. The fraction of sp³-hybridized carbons (Fsp3) is 0.360. The monoisotopic (exact) mass is 403 g/mol. The first kappa shape index (κ1) is 21.4. The Balaban J connectivity index is 1.67. The number of carbonyl (C=O) groups is 1. The summed E-state index contributed by atoms with van der Waals surface area (Å²) in [5, 5.41) is 15.5. The summed E-state index contributed by atoms with van der Waals surface area (Å²) < 4.78 is 5.42. The number of rotatable bonds is 8. The highest BCUT2D eigenvalue weighted by molar-refractivity contribution is 5.97. The van der Waals surface area contributed by atoms with E-state index in [1.807, 2.05) is 44.2 Å². The van der Waals surface area contributed by atoms with Gasteiger partial charge < -0.3 is 15.4 Å². The fourth-order valence-electron chi connectivity index (χ4n) is 3.75. The number of hydrogen-bond donors (Lipinski definition) is 2. The maximum atomic E-state index is 12.7. The van der Waals surface area contributed by atoms with Gasteiger partial charge in [0.25, 0.3) is 5.91 Å². The van der Waals surface area contributed by atoms with E-state index in [0.29, 0.717) is 6.61 Å². The highest BCUT2D eigenvalue weighted by Gasteiger charge is 2.18. The first-order valence-corrected chi connectivity index (χ1v) is 10.7. The molecule has 1 aliphatic carbocycles. The zero-order chi connectivity index (χ0) is 21.3. The van der Waals surface area contributed by atoms with E-state index in [0.717, 1.165) is 36.3 Å². The van der Waals surface area contributed by atoms with Crippen LogP contribution in [-0.4, -0.2) is 12.5 Å². The predicted molar refractivity (Wildman–Crippen MR) is 119 cm³/mol. The molecule has 0 bridgehead atoms. The van der Waals surface area contributed by atoms with Crippen LogP contribution < -0.4 is 15.4 Å². The van der Waals surface area contributed by atoms with Crippen molar-refractivity contribution in [3.05, 3.63) is 70.9 Å². The molecule has 1 amide bonds. The van der Waals surface area contributed by atoms with E-state index in [2.05, 4.69) is 28.8 Å². The predicted octanol–water partition coefficient (Wildman–Crippen LogP) is 5.05. The largest absolute Gasteiger partial charge is 0.494 e. The maximum Gasteiger partial charge on any atom is 0.263 e. The third kappa shape index (κ3) is 5.42. The van der Waals surface area contributed by atoms with Crippen molar-refractivity contribution in [2.45, 2.75) is 52.0 Å². The van der Waals surface area contributed by atoms with Gasteiger partial charge in [-0.1, -0.05) is 25.1 Å². The number of nitrogens with one attached hydrogen (secondary N) is 2. The van der Waals surface area contributed by atoms with Gasteiger partial charge in [-0.05, 0) is 80.0 Å². The Morgan fingerprint density at radius 3 is 2.53 bits per heavy atom. The van der Waals surface area contributed by atoms with Crippen LogP contribution >= 0.6 is 0 Å². The number of aryl methyl sites for hydroxylation is 2. The van der Waals surface area contributed by atoms with Crippen molar-refractivity contribution in [3.63, 3.8) is 0 Å². The normalized spacial score (nSPS) is 14.2. The second-order valence-electron chi connectivity index (χ2n) is 7.44. The van der Waals surface area contributed by atoms with E-state index in [4.69, 9.17) is 4.74 Å². The third-order valence-corrected chi connectivity index (χ3v) is 5.40. The van der Waals surface area contributed by atoms with E-state index >= 15 is 0 Å². The van der Waals surface area contributed by atoms with Gasteiger partial charge in [0.2, 0.25) is 0 Å². The molecule has 30 heavy (non-hydrogen) atoms. The molecule has 2 aromatic carbocycles. The van der Waals surface area contributed by atoms with Crippen molar-refractivity contribution in [2.24, 2.45) is 0 Å². The number of anilines is 1. The summed E-state index contributed by atoms with van der Waals surface area (Å²) in [6, 6.07) is 15.8. The standard InChI is InChI=1S/C25H29N3O2/c1-3-24(20-10-9-18-7-5-6-8-19(18)15-20)28-25(29)21(16-26)17-27-22-11-13-23(14-12-22)30-4-2/h9-15,17,24,27H,3-8H2,1-2H3,(H,28,29)/b21-17-. The maximum absolute atomic E-state index is 12.7. The minimum Gasteiger partial charge on any atom is -0.494 e. The zero-order valence-corrected chi connectivity index (χ0v) is 17.7. The summed E-state index contributed by atoms with van der Waals surface area (Å²) in [6.45, 7) is 4.58. The number of hydrogen-bond acceptors (Lipinski definition) is 4. The van der Waals surface area contributed by atoms with Crippen molar-refractivity contribution in [1.82, 2.24) is 5.32 Å². The SMILES string of the molecule is CCOc1ccc(N/C=C(/C#N)C(=O)NC(CC)c2ccc3c(c2)CCCC3)cc1. The van der Waals surface area contributed by atoms with Gasteiger partial charge in [0.05, 0.1) is 12.6 Å². The van der Waals surface area contributed by atoms with Crippen LogP contribution in [0.4, 0.5) is 5.69 Å². The second kappa shape index (κ2) is 10.5. The third-order valence-electron chi connectivity index (χ3n) is 5.40. The molecule has 1 unspecified atom stereocenters. The van der Waals surface area contributed by atoms with Crippen LogP contribution in [0, 0.1) is 11.3 Å². The second-order valence-corrected chi connectivity index (χ2v) is 7.44. The van der Waals surface area contributed by atoms with E-state index in [-0.39, 0.29) is 17.5 Å². The lowest BCUT2D eigenvalue weighted by Gasteiger charge is -2.21. The van der Waals surface area contributed by atoms with Gasteiger partial charge in [-0.2, -0.15) is 5.26 Å². The Labute approximate surface area is 178 Å². The van der Waals surface area contributed by atoms with Crippen LogP contribution in [0.3, 0.4) is 0 Å². The summed E-state index contributed by atoms with van der Waals surface area (Å²) in [5.41, 5.74) is 4.73. The van der Waals surface area contributed by atoms with Gasteiger partial charge in [0.1, 0.15) is 17.4 Å². The Morgan fingerprint density at radius 2 is 1.87 bits per heavy atom. The lowest BCUT2D eigenvalue weighted by atomic mass is 9.88. The minimum atomic E-state index is -0.375. The van der Waals surface area contributed by atoms with E-state index in [9.17, 15) is 10.1 Å². The van der Waals surface area contributed by atoms with E-state index in [1.165, 1.54) is 30.2 Å². The molecule has 5 heteroatoms. The quantitative estimate of drug-likeness (QED) is 0.478. The number of fused-ring (bicyclic) bond motifs is 1. The molecule has 0 fully saturated rings. The molecule has 156 valence electrons. The number of benzene rings is 2. The van der Waals surface area contributed by atoms with Crippen LogP contribution in [0.2, 0.25) is 0 Å². The number of amides is 1. The molecule has 5 nitrogen and oxygen atoms in total. The van der Waals surface area contributed by atoms with E-state index < -0.39 is 0 Å². The minimum absolute atomic E-state index is 0.0419. The highest BCUT2D eigenvalue weighted by Crippen LogP contribution is 2.26. The summed E-state index contributed by atoms with van der Waals surface area (Å²) in [5.74, 6) is 0.404.